The summed E-state index contributed by atoms with van der Waals surface area (Å²) in [5, 5.41) is 4.02. The smallest absolute Gasteiger partial charge is 0.261 e. The van der Waals surface area contributed by atoms with E-state index in [2.05, 4.69) is 14.9 Å². The summed E-state index contributed by atoms with van der Waals surface area (Å²) >= 11 is 0. The average Bonchev–Trinajstić information content (AvgIpc) is 3.12. The molecule has 0 amide bonds. The van der Waals surface area contributed by atoms with Gasteiger partial charge in [-0.3, -0.25) is 4.72 Å². The van der Waals surface area contributed by atoms with Crippen molar-refractivity contribution in [1.29, 1.82) is 0 Å². The average molecular weight is 398 g/mol. The second-order valence-corrected chi connectivity index (χ2v) is 9.06. The summed E-state index contributed by atoms with van der Waals surface area (Å²) in [7, 11) is -3.75. The molecule has 8 heteroatoms. The molecule has 0 atom stereocenters. The van der Waals surface area contributed by atoms with Crippen LogP contribution < -0.4 is 10.5 Å². The summed E-state index contributed by atoms with van der Waals surface area (Å²) in [5.41, 5.74) is 8.69. The van der Waals surface area contributed by atoms with E-state index in [0.29, 0.717) is 17.1 Å². The molecule has 1 aliphatic carbocycles. The lowest BCUT2D eigenvalue weighted by atomic mass is 9.77. The molecule has 7 nitrogen and oxygen atoms in total. The zero-order valence-corrected chi connectivity index (χ0v) is 16.6. The van der Waals surface area contributed by atoms with E-state index in [1.54, 1.807) is 30.3 Å². The molecule has 4 rings (SSSR count). The van der Waals surface area contributed by atoms with Gasteiger partial charge in [-0.05, 0) is 62.9 Å². The maximum absolute atomic E-state index is 12.8. The molecule has 2 aromatic carbocycles. The van der Waals surface area contributed by atoms with Crippen LogP contribution in [0.4, 0.5) is 5.69 Å². The molecule has 3 N–H and O–H groups in total. The van der Waals surface area contributed by atoms with Gasteiger partial charge in [0.15, 0.2) is 5.82 Å². The van der Waals surface area contributed by atoms with Crippen molar-refractivity contribution < 1.29 is 12.9 Å². The Kier molecular flexibility index (Phi) is 4.47. The first-order valence-electron chi connectivity index (χ1n) is 9.10. The van der Waals surface area contributed by atoms with Gasteiger partial charge >= 0.3 is 0 Å². The summed E-state index contributed by atoms with van der Waals surface area (Å²) in [6.07, 6.45) is 2.68. The quantitative estimate of drug-likeness (QED) is 0.680. The molecule has 1 heterocycles. The third-order valence-corrected chi connectivity index (χ3v) is 6.55. The highest BCUT2D eigenvalue weighted by Gasteiger charge is 2.39. The fourth-order valence-electron chi connectivity index (χ4n) is 3.15. The van der Waals surface area contributed by atoms with Gasteiger partial charge in [0.25, 0.3) is 15.9 Å². The van der Waals surface area contributed by atoms with Crippen LogP contribution in [-0.4, -0.2) is 18.6 Å². The van der Waals surface area contributed by atoms with Crippen molar-refractivity contribution in [3.05, 3.63) is 59.4 Å². The van der Waals surface area contributed by atoms with Gasteiger partial charge in [0.05, 0.1) is 10.4 Å². The van der Waals surface area contributed by atoms with Crippen molar-refractivity contribution in [2.24, 2.45) is 5.73 Å². The van der Waals surface area contributed by atoms with E-state index in [9.17, 15) is 8.42 Å². The number of anilines is 1. The number of aryl methyl sites for hydroxylation is 2. The molecule has 0 saturated heterocycles. The number of nitrogens with zero attached hydrogens (tertiary/aromatic N) is 2. The number of nitrogens with two attached hydrogens (primary N) is 1. The molecule has 1 fully saturated rings. The second kappa shape index (κ2) is 6.72. The lowest BCUT2D eigenvalue weighted by Crippen LogP contribution is -2.44. The number of aromatic nitrogens is 2. The molecule has 3 aromatic rings. The van der Waals surface area contributed by atoms with Gasteiger partial charge in [0, 0.05) is 11.3 Å². The predicted octanol–water partition coefficient (Wildman–Crippen LogP) is 3.49. The second-order valence-electron chi connectivity index (χ2n) is 7.38. The molecule has 0 bridgehead atoms. The minimum atomic E-state index is -3.75. The number of hydrogen-bond acceptors (Lipinski definition) is 6. The van der Waals surface area contributed by atoms with Gasteiger partial charge in [-0.25, -0.2) is 8.42 Å². The molecule has 0 aliphatic heterocycles. The first-order valence-corrected chi connectivity index (χ1v) is 10.6. The monoisotopic (exact) mass is 398 g/mol. The molecule has 1 saturated carbocycles. The summed E-state index contributed by atoms with van der Waals surface area (Å²) in [6, 6.07) is 12.0. The Bertz CT molecular complexity index is 1120. The number of benzene rings is 2. The molecular weight excluding hydrogens is 376 g/mol. The van der Waals surface area contributed by atoms with Gasteiger partial charge in [-0.2, -0.15) is 4.98 Å². The van der Waals surface area contributed by atoms with Crippen LogP contribution in [0.15, 0.2) is 51.9 Å². The molecular formula is C20H22N4O3S. The van der Waals surface area contributed by atoms with Crippen molar-refractivity contribution in [2.45, 2.75) is 43.5 Å². The summed E-state index contributed by atoms with van der Waals surface area (Å²) < 4.78 is 33.6. The van der Waals surface area contributed by atoms with Crippen LogP contribution in [0.25, 0.3) is 11.5 Å². The van der Waals surface area contributed by atoms with E-state index < -0.39 is 15.6 Å². The van der Waals surface area contributed by atoms with Crippen LogP contribution in [0.3, 0.4) is 0 Å². The van der Waals surface area contributed by atoms with Gasteiger partial charge in [-0.1, -0.05) is 28.9 Å². The van der Waals surface area contributed by atoms with Crippen molar-refractivity contribution in [2.75, 3.05) is 4.72 Å². The third kappa shape index (κ3) is 3.41. The van der Waals surface area contributed by atoms with Crippen LogP contribution in [0.2, 0.25) is 0 Å². The van der Waals surface area contributed by atoms with Crippen molar-refractivity contribution in [3.63, 3.8) is 0 Å². The fourth-order valence-corrected chi connectivity index (χ4v) is 4.24. The largest absolute Gasteiger partial charge is 0.334 e. The fraction of sp³-hybridized carbons (Fsp3) is 0.300. The topological polar surface area (TPSA) is 111 Å². The molecule has 146 valence electrons. The van der Waals surface area contributed by atoms with E-state index in [0.717, 1.165) is 30.4 Å². The Morgan fingerprint density at radius 3 is 2.46 bits per heavy atom. The van der Waals surface area contributed by atoms with Crippen molar-refractivity contribution in [1.82, 2.24) is 10.1 Å². The Labute approximate surface area is 164 Å². The standard InChI is InChI=1S/C20H22N4O3S/c1-13-4-7-15(8-5-13)24-28(25,26)16-9-6-14(2)17(12-16)18-22-19(23-27-18)20(21)10-3-11-20/h4-9,12,24H,3,10-11,21H2,1-2H3. The SMILES string of the molecule is Cc1ccc(NS(=O)(=O)c2ccc(C)c(-c3nc(C4(N)CCC4)no3)c2)cc1. The summed E-state index contributed by atoms with van der Waals surface area (Å²) in [4.78, 5) is 4.56. The number of rotatable bonds is 5. The highest BCUT2D eigenvalue weighted by Crippen LogP contribution is 2.38. The van der Waals surface area contributed by atoms with E-state index >= 15 is 0 Å². The van der Waals surface area contributed by atoms with E-state index in [1.165, 1.54) is 0 Å². The molecule has 1 aliphatic rings. The maximum atomic E-state index is 12.8. The first-order chi connectivity index (χ1) is 13.3. The molecule has 0 radical (unpaired) electrons. The first kappa shape index (κ1) is 18.6. The van der Waals surface area contributed by atoms with Gasteiger partial charge < -0.3 is 10.3 Å². The number of hydrogen-bond donors (Lipinski definition) is 2. The zero-order valence-electron chi connectivity index (χ0n) is 15.8. The highest BCUT2D eigenvalue weighted by molar-refractivity contribution is 7.92. The number of sulfonamides is 1. The van der Waals surface area contributed by atoms with Crippen LogP contribution in [0, 0.1) is 13.8 Å². The van der Waals surface area contributed by atoms with E-state index in [1.807, 2.05) is 26.0 Å². The van der Waals surface area contributed by atoms with Crippen molar-refractivity contribution >= 4 is 15.7 Å². The van der Waals surface area contributed by atoms with Crippen LogP contribution in [-0.2, 0) is 15.6 Å². The van der Waals surface area contributed by atoms with Crippen molar-refractivity contribution in [3.8, 4) is 11.5 Å². The Morgan fingerprint density at radius 2 is 1.82 bits per heavy atom. The Hall–Kier alpha value is -2.71. The van der Waals surface area contributed by atoms with Crippen LogP contribution in [0.5, 0.6) is 0 Å². The van der Waals surface area contributed by atoms with E-state index in [4.69, 9.17) is 10.3 Å². The van der Waals surface area contributed by atoms with Crippen LogP contribution in [0.1, 0.15) is 36.2 Å². The Balaban J connectivity index is 1.66. The molecule has 0 spiro atoms. The minimum absolute atomic E-state index is 0.125. The van der Waals surface area contributed by atoms with Gasteiger partial charge in [0.2, 0.25) is 0 Å². The van der Waals surface area contributed by atoms with Gasteiger partial charge in [0.1, 0.15) is 0 Å². The summed E-state index contributed by atoms with van der Waals surface area (Å²) in [6.45, 7) is 3.81. The zero-order chi connectivity index (χ0) is 19.9. The lowest BCUT2D eigenvalue weighted by molar-refractivity contribution is 0.229. The summed E-state index contributed by atoms with van der Waals surface area (Å²) in [5.74, 6) is 0.746. The van der Waals surface area contributed by atoms with E-state index in [-0.39, 0.29) is 10.8 Å². The Morgan fingerprint density at radius 1 is 1.11 bits per heavy atom. The minimum Gasteiger partial charge on any atom is -0.334 e. The molecule has 28 heavy (non-hydrogen) atoms. The predicted molar refractivity (Wildman–Crippen MR) is 106 cm³/mol. The molecule has 1 aromatic heterocycles. The normalized spacial score (nSPS) is 15.8. The highest BCUT2D eigenvalue weighted by atomic mass is 32.2. The molecule has 0 unspecified atom stereocenters. The maximum Gasteiger partial charge on any atom is 0.261 e. The van der Waals surface area contributed by atoms with Crippen LogP contribution >= 0.6 is 0 Å². The van der Waals surface area contributed by atoms with Gasteiger partial charge in [-0.15, -0.1) is 0 Å². The lowest BCUT2D eigenvalue weighted by Gasteiger charge is -2.34. The third-order valence-electron chi connectivity index (χ3n) is 5.17. The number of nitrogens with one attached hydrogen (secondary N) is 1.